The monoisotopic (exact) mass is 448 g/mol. The summed E-state index contributed by atoms with van der Waals surface area (Å²) >= 11 is 0. The molecule has 3 rings (SSSR count). The normalized spacial score (nSPS) is 15.1. The summed E-state index contributed by atoms with van der Waals surface area (Å²) in [5.41, 5.74) is 1.22. The average molecular weight is 449 g/mol. The SMILES string of the molecule is CC[C@@H](NS(=O)(=O)c1ccc(OC)c(N2CCCC2=O)c1)c1ccc(OC)c(OC)c1. The Morgan fingerprint density at radius 3 is 2.26 bits per heavy atom. The van der Waals surface area contributed by atoms with Gasteiger partial charge in [0.05, 0.1) is 31.9 Å². The highest BCUT2D eigenvalue weighted by Gasteiger charge is 2.28. The van der Waals surface area contributed by atoms with E-state index in [1.54, 1.807) is 36.3 Å². The Morgan fingerprint density at radius 1 is 1.00 bits per heavy atom. The number of rotatable bonds is 9. The van der Waals surface area contributed by atoms with Gasteiger partial charge in [-0.1, -0.05) is 13.0 Å². The Morgan fingerprint density at radius 2 is 1.68 bits per heavy atom. The first-order valence-electron chi connectivity index (χ1n) is 10.1. The lowest BCUT2D eigenvalue weighted by Crippen LogP contribution is -2.29. The average Bonchev–Trinajstić information content (AvgIpc) is 3.22. The number of nitrogens with one attached hydrogen (secondary N) is 1. The third-order valence-electron chi connectivity index (χ3n) is 5.34. The molecule has 1 aliphatic heterocycles. The fourth-order valence-electron chi connectivity index (χ4n) is 3.66. The van der Waals surface area contributed by atoms with Gasteiger partial charge in [0, 0.05) is 19.0 Å². The number of amides is 1. The number of ether oxygens (including phenoxy) is 3. The van der Waals surface area contributed by atoms with Gasteiger partial charge < -0.3 is 19.1 Å². The van der Waals surface area contributed by atoms with Crippen LogP contribution in [0, 0.1) is 0 Å². The van der Waals surface area contributed by atoms with Crippen molar-refractivity contribution in [3.63, 3.8) is 0 Å². The topological polar surface area (TPSA) is 94.2 Å². The van der Waals surface area contributed by atoms with Crippen molar-refractivity contribution in [2.45, 2.75) is 37.1 Å². The van der Waals surface area contributed by atoms with E-state index in [0.29, 0.717) is 42.3 Å². The van der Waals surface area contributed by atoms with E-state index in [2.05, 4.69) is 4.72 Å². The van der Waals surface area contributed by atoms with E-state index >= 15 is 0 Å². The Hall–Kier alpha value is -2.78. The van der Waals surface area contributed by atoms with Gasteiger partial charge >= 0.3 is 0 Å². The molecule has 31 heavy (non-hydrogen) atoms. The second-order valence-electron chi connectivity index (χ2n) is 7.18. The molecule has 168 valence electrons. The highest BCUT2D eigenvalue weighted by atomic mass is 32.2. The molecule has 0 unspecified atom stereocenters. The first kappa shape index (κ1) is 22.9. The first-order valence-corrected chi connectivity index (χ1v) is 11.6. The van der Waals surface area contributed by atoms with Crippen LogP contribution in [0.4, 0.5) is 5.69 Å². The van der Waals surface area contributed by atoms with Crippen molar-refractivity contribution >= 4 is 21.6 Å². The summed E-state index contributed by atoms with van der Waals surface area (Å²) in [6, 6.07) is 9.39. The minimum absolute atomic E-state index is 0.0439. The van der Waals surface area contributed by atoms with Crippen LogP contribution in [0.3, 0.4) is 0 Å². The molecule has 1 N–H and O–H groups in total. The number of nitrogens with zero attached hydrogens (tertiary/aromatic N) is 1. The maximum Gasteiger partial charge on any atom is 0.241 e. The fraction of sp³-hybridized carbons (Fsp3) is 0.409. The number of carbonyl (C=O) groups is 1. The van der Waals surface area contributed by atoms with Crippen molar-refractivity contribution < 1.29 is 27.4 Å². The van der Waals surface area contributed by atoms with Gasteiger partial charge in [0.1, 0.15) is 5.75 Å². The van der Waals surface area contributed by atoms with Crippen molar-refractivity contribution in [1.82, 2.24) is 4.72 Å². The van der Waals surface area contributed by atoms with Crippen molar-refractivity contribution in [2.75, 3.05) is 32.8 Å². The van der Waals surface area contributed by atoms with Crippen LogP contribution in [0.15, 0.2) is 41.3 Å². The highest BCUT2D eigenvalue weighted by Crippen LogP contribution is 2.35. The molecule has 0 saturated carbocycles. The molecule has 0 aliphatic carbocycles. The summed E-state index contributed by atoms with van der Waals surface area (Å²) in [7, 11) is 0.709. The van der Waals surface area contributed by atoms with E-state index in [0.717, 1.165) is 12.0 Å². The maximum atomic E-state index is 13.2. The molecule has 1 aliphatic rings. The molecule has 2 aromatic carbocycles. The minimum atomic E-state index is -3.87. The molecule has 2 aromatic rings. The lowest BCUT2D eigenvalue weighted by atomic mass is 10.1. The molecule has 1 atom stereocenters. The Balaban J connectivity index is 1.93. The predicted molar refractivity (Wildman–Crippen MR) is 117 cm³/mol. The van der Waals surface area contributed by atoms with E-state index in [9.17, 15) is 13.2 Å². The molecule has 0 aromatic heterocycles. The van der Waals surface area contributed by atoms with E-state index in [1.807, 2.05) is 6.92 Å². The van der Waals surface area contributed by atoms with Crippen LogP contribution in [-0.4, -0.2) is 42.2 Å². The van der Waals surface area contributed by atoms with E-state index in [-0.39, 0.29) is 10.8 Å². The first-order chi connectivity index (χ1) is 14.8. The Bertz CT molecular complexity index is 1050. The second kappa shape index (κ2) is 9.57. The van der Waals surface area contributed by atoms with Gasteiger partial charge in [-0.05, 0) is 48.7 Å². The number of hydrogen-bond acceptors (Lipinski definition) is 6. The summed E-state index contributed by atoms with van der Waals surface area (Å²) in [4.78, 5) is 13.9. The number of benzene rings is 2. The van der Waals surface area contributed by atoms with Gasteiger partial charge in [0.2, 0.25) is 15.9 Å². The summed E-state index contributed by atoms with van der Waals surface area (Å²) < 4.78 is 45.1. The number of methoxy groups -OCH3 is 3. The fourth-order valence-corrected chi connectivity index (χ4v) is 4.99. The minimum Gasteiger partial charge on any atom is -0.495 e. The standard InChI is InChI=1S/C22H28N2O6S/c1-5-17(15-8-10-20(29-3)21(13-15)30-4)23-31(26,27)16-9-11-19(28-2)18(14-16)24-12-6-7-22(24)25/h8-11,13-14,17,23H,5-7,12H2,1-4H3/t17-/m1/s1. The molecule has 0 spiro atoms. The molecule has 1 amide bonds. The Labute approximate surface area is 183 Å². The van der Waals surface area contributed by atoms with Crippen LogP contribution >= 0.6 is 0 Å². The quantitative estimate of drug-likeness (QED) is 0.633. The summed E-state index contributed by atoms with van der Waals surface area (Å²) in [6.45, 7) is 2.43. The molecule has 0 radical (unpaired) electrons. The van der Waals surface area contributed by atoms with Gasteiger partial charge in [-0.15, -0.1) is 0 Å². The maximum absolute atomic E-state index is 13.2. The third kappa shape index (κ3) is 4.77. The lowest BCUT2D eigenvalue weighted by Gasteiger charge is -2.22. The van der Waals surface area contributed by atoms with E-state index < -0.39 is 16.1 Å². The zero-order valence-electron chi connectivity index (χ0n) is 18.2. The van der Waals surface area contributed by atoms with Crippen molar-refractivity contribution in [1.29, 1.82) is 0 Å². The number of carbonyl (C=O) groups excluding carboxylic acids is 1. The van der Waals surface area contributed by atoms with Crippen LogP contribution in [0.25, 0.3) is 0 Å². The van der Waals surface area contributed by atoms with Crippen molar-refractivity contribution in [3.05, 3.63) is 42.0 Å². The Kier molecular flexibility index (Phi) is 7.07. The largest absolute Gasteiger partial charge is 0.495 e. The number of anilines is 1. The molecule has 1 heterocycles. The predicted octanol–water partition coefficient (Wildman–Crippen LogP) is 3.27. The molecular formula is C22H28N2O6S. The summed E-state index contributed by atoms with van der Waals surface area (Å²) in [5, 5.41) is 0. The van der Waals surface area contributed by atoms with Crippen LogP contribution in [0.1, 0.15) is 37.8 Å². The van der Waals surface area contributed by atoms with E-state index in [4.69, 9.17) is 14.2 Å². The highest BCUT2D eigenvalue weighted by molar-refractivity contribution is 7.89. The third-order valence-corrected chi connectivity index (χ3v) is 6.81. The number of hydrogen-bond donors (Lipinski definition) is 1. The number of sulfonamides is 1. The molecular weight excluding hydrogens is 420 g/mol. The van der Waals surface area contributed by atoms with Crippen LogP contribution in [0.5, 0.6) is 17.2 Å². The molecule has 9 heteroatoms. The summed E-state index contributed by atoms with van der Waals surface area (Å²) in [5.74, 6) is 1.51. The van der Waals surface area contributed by atoms with Gasteiger partial charge in [-0.2, -0.15) is 0 Å². The van der Waals surface area contributed by atoms with Gasteiger partial charge in [0.25, 0.3) is 0 Å². The molecule has 1 saturated heterocycles. The van der Waals surface area contributed by atoms with Gasteiger partial charge in [0.15, 0.2) is 11.5 Å². The molecule has 8 nitrogen and oxygen atoms in total. The van der Waals surface area contributed by atoms with E-state index in [1.165, 1.54) is 26.4 Å². The smallest absolute Gasteiger partial charge is 0.241 e. The zero-order chi connectivity index (χ0) is 22.6. The zero-order valence-corrected chi connectivity index (χ0v) is 19.0. The van der Waals surface area contributed by atoms with Crippen LogP contribution in [0.2, 0.25) is 0 Å². The van der Waals surface area contributed by atoms with Gasteiger partial charge in [-0.25, -0.2) is 13.1 Å². The second-order valence-corrected chi connectivity index (χ2v) is 8.89. The van der Waals surface area contributed by atoms with Crippen LogP contribution in [-0.2, 0) is 14.8 Å². The van der Waals surface area contributed by atoms with Crippen LogP contribution < -0.4 is 23.8 Å². The molecule has 1 fully saturated rings. The lowest BCUT2D eigenvalue weighted by molar-refractivity contribution is -0.117. The van der Waals surface area contributed by atoms with Crippen molar-refractivity contribution in [2.24, 2.45) is 0 Å². The van der Waals surface area contributed by atoms with Crippen molar-refractivity contribution in [3.8, 4) is 17.2 Å². The summed E-state index contributed by atoms with van der Waals surface area (Å²) in [6.07, 6.45) is 1.70. The van der Waals surface area contributed by atoms with Gasteiger partial charge in [-0.3, -0.25) is 4.79 Å². The molecule has 0 bridgehead atoms.